The van der Waals surface area contributed by atoms with Gasteiger partial charge in [0.1, 0.15) is 0 Å². The van der Waals surface area contributed by atoms with Gasteiger partial charge in [-0.05, 0) is 64.5 Å². The van der Waals surface area contributed by atoms with Crippen molar-refractivity contribution in [2.75, 3.05) is 26.2 Å². The third kappa shape index (κ3) is 2.74. The summed E-state index contributed by atoms with van der Waals surface area (Å²) in [5, 5.41) is 0. The normalized spacial score (nSPS) is 31.2. The molecule has 2 heterocycles. The van der Waals surface area contributed by atoms with Crippen LogP contribution in [0.1, 0.15) is 57.8 Å². The molecule has 0 bridgehead atoms. The van der Waals surface area contributed by atoms with Crippen molar-refractivity contribution in [1.82, 2.24) is 9.80 Å². The van der Waals surface area contributed by atoms with Crippen LogP contribution in [0.3, 0.4) is 0 Å². The number of nitrogens with zero attached hydrogens (tertiary/aromatic N) is 2. The van der Waals surface area contributed by atoms with Gasteiger partial charge in [0.15, 0.2) is 0 Å². The van der Waals surface area contributed by atoms with Crippen molar-refractivity contribution < 1.29 is 0 Å². The molecule has 0 aromatic heterocycles. The van der Waals surface area contributed by atoms with Gasteiger partial charge in [0, 0.05) is 24.8 Å². The van der Waals surface area contributed by atoms with Gasteiger partial charge in [-0.1, -0.05) is 12.5 Å². The van der Waals surface area contributed by atoms with Crippen LogP contribution in [-0.4, -0.2) is 42.0 Å². The molecular formula is C16H28N2. The predicted octanol–water partition coefficient (Wildman–Crippen LogP) is 3.39. The average molecular weight is 248 g/mol. The minimum absolute atomic E-state index is 0.761. The summed E-state index contributed by atoms with van der Waals surface area (Å²) in [6.45, 7) is 5.32. The van der Waals surface area contributed by atoms with Crippen molar-refractivity contribution in [3.8, 4) is 0 Å². The van der Waals surface area contributed by atoms with Gasteiger partial charge in [-0.2, -0.15) is 0 Å². The molecule has 18 heavy (non-hydrogen) atoms. The second-order valence-electron chi connectivity index (χ2n) is 6.22. The number of piperidine rings is 2. The van der Waals surface area contributed by atoms with Crippen molar-refractivity contribution in [3.05, 3.63) is 11.8 Å². The van der Waals surface area contributed by atoms with Crippen LogP contribution in [0.5, 0.6) is 0 Å². The minimum atomic E-state index is 0.761. The molecular weight excluding hydrogens is 220 g/mol. The van der Waals surface area contributed by atoms with Crippen LogP contribution in [0.4, 0.5) is 0 Å². The lowest BCUT2D eigenvalue weighted by Gasteiger charge is -2.43. The van der Waals surface area contributed by atoms with E-state index in [-0.39, 0.29) is 0 Å². The Labute approximate surface area is 112 Å². The van der Waals surface area contributed by atoms with Crippen LogP contribution < -0.4 is 0 Å². The van der Waals surface area contributed by atoms with E-state index in [1.165, 1.54) is 84.0 Å². The summed E-state index contributed by atoms with van der Waals surface area (Å²) in [4.78, 5) is 5.49. The first kappa shape index (κ1) is 12.5. The van der Waals surface area contributed by atoms with Gasteiger partial charge in [-0.25, -0.2) is 0 Å². The van der Waals surface area contributed by atoms with E-state index in [4.69, 9.17) is 0 Å². The zero-order valence-corrected chi connectivity index (χ0v) is 11.7. The molecule has 0 aromatic carbocycles. The van der Waals surface area contributed by atoms with E-state index in [9.17, 15) is 0 Å². The molecule has 2 saturated heterocycles. The molecule has 2 aliphatic heterocycles. The second-order valence-corrected chi connectivity index (χ2v) is 6.22. The molecule has 2 fully saturated rings. The molecule has 1 aliphatic carbocycles. The molecule has 0 saturated carbocycles. The zero-order valence-electron chi connectivity index (χ0n) is 11.7. The highest BCUT2D eigenvalue weighted by Gasteiger charge is 2.29. The fourth-order valence-corrected chi connectivity index (χ4v) is 3.94. The molecule has 2 heteroatoms. The molecule has 3 aliphatic rings. The molecule has 1 unspecified atom stereocenters. The van der Waals surface area contributed by atoms with E-state index in [1.54, 1.807) is 5.70 Å². The van der Waals surface area contributed by atoms with E-state index in [0.29, 0.717) is 0 Å². The van der Waals surface area contributed by atoms with Gasteiger partial charge < -0.3 is 4.90 Å². The number of rotatable bonds is 2. The van der Waals surface area contributed by atoms with Crippen LogP contribution in [-0.2, 0) is 0 Å². The maximum absolute atomic E-state index is 2.78. The van der Waals surface area contributed by atoms with Crippen molar-refractivity contribution in [1.29, 1.82) is 0 Å². The van der Waals surface area contributed by atoms with E-state index in [0.717, 1.165) is 6.04 Å². The van der Waals surface area contributed by atoms with E-state index in [1.807, 2.05) is 0 Å². The molecule has 3 rings (SSSR count). The molecule has 102 valence electrons. The van der Waals surface area contributed by atoms with Crippen molar-refractivity contribution in [2.24, 2.45) is 0 Å². The summed E-state index contributed by atoms with van der Waals surface area (Å²) in [6.07, 6.45) is 15.2. The quantitative estimate of drug-likeness (QED) is 0.739. The summed E-state index contributed by atoms with van der Waals surface area (Å²) in [5.74, 6) is 0. The molecule has 0 radical (unpaired) electrons. The van der Waals surface area contributed by atoms with E-state index in [2.05, 4.69) is 15.9 Å². The van der Waals surface area contributed by atoms with Crippen molar-refractivity contribution in [3.63, 3.8) is 0 Å². The standard InChI is InChI=1S/C16H28N2/c1-5-11-17(12-6-1)15-9-3-4-10-16(15)18-13-7-2-8-14-18/h9,16H,1-8,10-14H2. The van der Waals surface area contributed by atoms with Gasteiger partial charge in [0.2, 0.25) is 0 Å². The number of hydrogen-bond donors (Lipinski definition) is 0. The largest absolute Gasteiger partial charge is 0.374 e. The lowest BCUT2D eigenvalue weighted by molar-refractivity contribution is 0.134. The van der Waals surface area contributed by atoms with E-state index >= 15 is 0 Å². The highest BCUT2D eigenvalue weighted by atomic mass is 15.2. The summed E-state index contributed by atoms with van der Waals surface area (Å²) in [6, 6.07) is 0.761. The molecule has 0 amide bonds. The summed E-state index contributed by atoms with van der Waals surface area (Å²) in [5.41, 5.74) is 1.70. The Bertz CT molecular complexity index is 285. The first-order chi connectivity index (χ1) is 8.95. The summed E-state index contributed by atoms with van der Waals surface area (Å²) < 4.78 is 0. The Morgan fingerprint density at radius 1 is 0.778 bits per heavy atom. The molecule has 0 N–H and O–H groups in total. The van der Waals surface area contributed by atoms with E-state index < -0.39 is 0 Å². The average Bonchev–Trinajstić information content (AvgIpc) is 2.49. The monoisotopic (exact) mass is 248 g/mol. The van der Waals surface area contributed by atoms with Gasteiger partial charge >= 0.3 is 0 Å². The Kier molecular flexibility index (Phi) is 4.24. The number of allylic oxidation sites excluding steroid dienone is 1. The summed E-state index contributed by atoms with van der Waals surface area (Å²) >= 11 is 0. The number of likely N-dealkylation sites (tertiary alicyclic amines) is 2. The lowest BCUT2D eigenvalue weighted by atomic mass is 9.93. The van der Waals surface area contributed by atoms with Gasteiger partial charge in [0.05, 0.1) is 0 Å². The van der Waals surface area contributed by atoms with Crippen molar-refractivity contribution >= 4 is 0 Å². The van der Waals surface area contributed by atoms with Crippen LogP contribution >= 0.6 is 0 Å². The lowest BCUT2D eigenvalue weighted by Crippen LogP contribution is -2.46. The second kappa shape index (κ2) is 6.10. The van der Waals surface area contributed by atoms with Gasteiger partial charge in [-0.3, -0.25) is 4.90 Å². The van der Waals surface area contributed by atoms with Crippen LogP contribution in [0.15, 0.2) is 11.8 Å². The molecule has 1 atom stereocenters. The SMILES string of the molecule is C1=C(N2CCCCC2)C(N2CCCCC2)CCC1. The van der Waals surface area contributed by atoms with Crippen LogP contribution in [0, 0.1) is 0 Å². The molecule has 0 spiro atoms. The summed E-state index contributed by atoms with van der Waals surface area (Å²) in [7, 11) is 0. The molecule has 2 nitrogen and oxygen atoms in total. The predicted molar refractivity (Wildman–Crippen MR) is 76.6 cm³/mol. The Hall–Kier alpha value is -0.500. The van der Waals surface area contributed by atoms with Gasteiger partial charge in [0.25, 0.3) is 0 Å². The van der Waals surface area contributed by atoms with Crippen molar-refractivity contribution in [2.45, 2.75) is 63.8 Å². The smallest absolute Gasteiger partial charge is 0.0493 e. The fraction of sp³-hybridized carbons (Fsp3) is 0.875. The molecule has 0 aromatic rings. The highest BCUT2D eigenvalue weighted by Crippen LogP contribution is 2.30. The first-order valence-corrected chi connectivity index (χ1v) is 8.14. The fourth-order valence-electron chi connectivity index (χ4n) is 3.94. The third-order valence-corrected chi connectivity index (χ3v) is 4.93. The van der Waals surface area contributed by atoms with Crippen LogP contribution in [0.2, 0.25) is 0 Å². The maximum Gasteiger partial charge on any atom is 0.0493 e. The van der Waals surface area contributed by atoms with Gasteiger partial charge in [-0.15, -0.1) is 0 Å². The highest BCUT2D eigenvalue weighted by molar-refractivity contribution is 5.14. The maximum atomic E-state index is 2.78. The first-order valence-electron chi connectivity index (χ1n) is 8.14. The van der Waals surface area contributed by atoms with Crippen LogP contribution in [0.25, 0.3) is 0 Å². The minimum Gasteiger partial charge on any atom is -0.374 e. The number of hydrogen-bond acceptors (Lipinski definition) is 2. The topological polar surface area (TPSA) is 6.48 Å². The Morgan fingerprint density at radius 3 is 2.17 bits per heavy atom. The Balaban J connectivity index is 1.70. The zero-order chi connectivity index (χ0) is 12.2. The Morgan fingerprint density at radius 2 is 1.44 bits per heavy atom. The third-order valence-electron chi connectivity index (χ3n) is 4.93.